The van der Waals surface area contributed by atoms with Gasteiger partial charge in [0.2, 0.25) is 0 Å². The number of amides is 1. The Balaban J connectivity index is 1.93. The van der Waals surface area contributed by atoms with Gasteiger partial charge in [0.1, 0.15) is 11.6 Å². The van der Waals surface area contributed by atoms with Crippen LogP contribution < -0.4 is 5.32 Å². The van der Waals surface area contributed by atoms with Crippen LogP contribution in [0.4, 0.5) is 5.69 Å². The molecule has 6 nitrogen and oxygen atoms in total. The van der Waals surface area contributed by atoms with Gasteiger partial charge in [0.25, 0.3) is 5.91 Å². The fourth-order valence-electron chi connectivity index (χ4n) is 2.57. The molecule has 1 amide bonds. The SMILES string of the molecule is Cc1cccc(NC(=O)/C(C#N)=C\c2cn(C)nc2-c2ccncc2)c1. The topological polar surface area (TPSA) is 83.6 Å². The summed E-state index contributed by atoms with van der Waals surface area (Å²) in [6.07, 6.45) is 6.67. The van der Waals surface area contributed by atoms with Gasteiger partial charge in [0.05, 0.1) is 5.69 Å². The van der Waals surface area contributed by atoms with Crippen LogP contribution in [-0.2, 0) is 11.8 Å². The van der Waals surface area contributed by atoms with Crippen LogP contribution in [0.25, 0.3) is 17.3 Å². The van der Waals surface area contributed by atoms with Crippen LogP contribution in [-0.4, -0.2) is 20.7 Å². The van der Waals surface area contributed by atoms with Gasteiger partial charge in [-0.1, -0.05) is 12.1 Å². The second-order valence-corrected chi connectivity index (χ2v) is 5.84. The van der Waals surface area contributed by atoms with E-state index in [1.54, 1.807) is 42.5 Å². The summed E-state index contributed by atoms with van der Waals surface area (Å²) in [6, 6.07) is 13.1. The Bertz CT molecular complexity index is 1010. The number of pyridine rings is 1. The van der Waals surface area contributed by atoms with Crippen LogP contribution in [0.15, 0.2) is 60.6 Å². The molecule has 2 aromatic heterocycles. The van der Waals surface area contributed by atoms with Crippen LogP contribution in [0.2, 0.25) is 0 Å². The van der Waals surface area contributed by atoms with E-state index in [1.165, 1.54) is 0 Å². The Labute approximate surface area is 151 Å². The van der Waals surface area contributed by atoms with E-state index in [0.717, 1.165) is 11.1 Å². The number of rotatable bonds is 4. The zero-order valence-electron chi connectivity index (χ0n) is 14.5. The number of nitriles is 1. The molecule has 3 aromatic rings. The summed E-state index contributed by atoms with van der Waals surface area (Å²) in [5, 5.41) is 16.6. The number of nitrogens with one attached hydrogen (secondary N) is 1. The molecule has 1 aromatic carbocycles. The standard InChI is InChI=1S/C20H17N5O/c1-14-4-3-5-18(10-14)23-20(26)16(12-21)11-17-13-25(2)24-19(17)15-6-8-22-9-7-15/h3-11,13H,1-2H3,(H,23,26)/b16-11-. The second-order valence-electron chi connectivity index (χ2n) is 5.84. The van der Waals surface area contributed by atoms with Crippen molar-refractivity contribution in [3.05, 3.63) is 71.7 Å². The number of aryl methyl sites for hydroxylation is 2. The molecule has 0 aliphatic carbocycles. The molecule has 0 saturated heterocycles. The first kappa shape index (κ1) is 17.1. The third-order valence-corrected chi connectivity index (χ3v) is 3.75. The van der Waals surface area contributed by atoms with Crippen LogP contribution in [0.3, 0.4) is 0 Å². The normalized spacial score (nSPS) is 11.0. The summed E-state index contributed by atoms with van der Waals surface area (Å²) < 4.78 is 1.65. The van der Waals surface area contributed by atoms with Crippen molar-refractivity contribution in [3.8, 4) is 17.3 Å². The minimum absolute atomic E-state index is 0.00909. The van der Waals surface area contributed by atoms with Gasteiger partial charge in [-0.15, -0.1) is 0 Å². The summed E-state index contributed by atoms with van der Waals surface area (Å²) >= 11 is 0. The monoisotopic (exact) mass is 343 g/mol. The Morgan fingerprint density at radius 3 is 2.73 bits per heavy atom. The maximum absolute atomic E-state index is 12.5. The van der Waals surface area contributed by atoms with Gasteiger partial charge in [-0.3, -0.25) is 14.5 Å². The van der Waals surface area contributed by atoms with Gasteiger partial charge >= 0.3 is 0 Å². The summed E-state index contributed by atoms with van der Waals surface area (Å²) in [5.74, 6) is -0.456. The molecule has 1 N–H and O–H groups in total. The van der Waals surface area contributed by atoms with Gasteiger partial charge in [-0.2, -0.15) is 10.4 Å². The highest BCUT2D eigenvalue weighted by atomic mass is 16.1. The van der Waals surface area contributed by atoms with Gasteiger partial charge < -0.3 is 5.32 Å². The lowest BCUT2D eigenvalue weighted by Crippen LogP contribution is -2.13. The molecule has 0 aliphatic heterocycles. The van der Waals surface area contributed by atoms with Gasteiger partial charge in [0, 0.05) is 42.5 Å². The number of nitrogens with zero attached hydrogens (tertiary/aromatic N) is 4. The molecular formula is C20H17N5O. The fourth-order valence-corrected chi connectivity index (χ4v) is 2.57. The molecular weight excluding hydrogens is 326 g/mol. The zero-order chi connectivity index (χ0) is 18.5. The lowest BCUT2D eigenvalue weighted by Gasteiger charge is -2.05. The van der Waals surface area contributed by atoms with Crippen molar-refractivity contribution in [1.82, 2.24) is 14.8 Å². The quantitative estimate of drug-likeness (QED) is 0.582. The molecule has 3 rings (SSSR count). The first-order chi connectivity index (χ1) is 12.6. The minimum Gasteiger partial charge on any atom is -0.321 e. The molecule has 0 fully saturated rings. The van der Waals surface area contributed by atoms with Crippen molar-refractivity contribution in [2.45, 2.75) is 6.92 Å². The lowest BCUT2D eigenvalue weighted by atomic mass is 10.1. The van der Waals surface area contributed by atoms with E-state index < -0.39 is 5.91 Å². The molecule has 2 heterocycles. The van der Waals surface area contributed by atoms with Gasteiger partial charge in [-0.05, 0) is 42.8 Å². The molecule has 0 unspecified atom stereocenters. The van der Waals surface area contributed by atoms with Crippen molar-refractivity contribution in [2.24, 2.45) is 7.05 Å². The Morgan fingerprint density at radius 1 is 1.27 bits per heavy atom. The molecule has 0 bridgehead atoms. The largest absolute Gasteiger partial charge is 0.321 e. The van der Waals surface area contributed by atoms with E-state index >= 15 is 0 Å². The van der Waals surface area contributed by atoms with E-state index in [-0.39, 0.29) is 5.57 Å². The summed E-state index contributed by atoms with van der Waals surface area (Å²) in [4.78, 5) is 16.5. The van der Waals surface area contributed by atoms with E-state index in [9.17, 15) is 10.1 Å². The second kappa shape index (κ2) is 7.45. The van der Waals surface area contributed by atoms with Gasteiger partial charge in [-0.25, -0.2) is 0 Å². The molecule has 0 radical (unpaired) electrons. The number of benzene rings is 1. The van der Waals surface area contributed by atoms with Crippen LogP contribution >= 0.6 is 0 Å². The van der Waals surface area contributed by atoms with Crippen molar-refractivity contribution in [3.63, 3.8) is 0 Å². The summed E-state index contributed by atoms with van der Waals surface area (Å²) in [6.45, 7) is 1.94. The molecule has 0 saturated carbocycles. The number of anilines is 1. The predicted molar refractivity (Wildman–Crippen MR) is 99.8 cm³/mol. The average molecular weight is 343 g/mol. The number of aromatic nitrogens is 3. The maximum Gasteiger partial charge on any atom is 0.266 e. The Hall–Kier alpha value is -3.72. The molecule has 0 spiro atoms. The predicted octanol–water partition coefficient (Wildman–Crippen LogP) is 3.34. The smallest absolute Gasteiger partial charge is 0.266 e. The minimum atomic E-state index is -0.456. The zero-order valence-corrected chi connectivity index (χ0v) is 14.5. The van der Waals surface area contributed by atoms with E-state index in [0.29, 0.717) is 16.9 Å². The molecule has 0 aliphatic rings. The maximum atomic E-state index is 12.5. The molecule has 6 heteroatoms. The van der Waals surface area contributed by atoms with Crippen LogP contribution in [0.5, 0.6) is 0 Å². The Kier molecular flexibility index (Phi) is 4.90. The van der Waals surface area contributed by atoms with Crippen molar-refractivity contribution in [2.75, 3.05) is 5.32 Å². The summed E-state index contributed by atoms with van der Waals surface area (Å²) in [7, 11) is 1.79. The number of hydrogen-bond acceptors (Lipinski definition) is 4. The van der Waals surface area contributed by atoms with E-state index in [4.69, 9.17) is 0 Å². The highest BCUT2D eigenvalue weighted by Gasteiger charge is 2.14. The van der Waals surface area contributed by atoms with Crippen LogP contribution in [0, 0.1) is 18.3 Å². The highest BCUT2D eigenvalue weighted by molar-refractivity contribution is 6.10. The lowest BCUT2D eigenvalue weighted by molar-refractivity contribution is -0.112. The van der Waals surface area contributed by atoms with E-state index in [1.807, 2.05) is 43.3 Å². The third kappa shape index (κ3) is 3.84. The first-order valence-electron chi connectivity index (χ1n) is 8.00. The van der Waals surface area contributed by atoms with Crippen molar-refractivity contribution >= 4 is 17.7 Å². The molecule has 26 heavy (non-hydrogen) atoms. The summed E-state index contributed by atoms with van der Waals surface area (Å²) in [5.41, 5.74) is 3.92. The van der Waals surface area contributed by atoms with E-state index in [2.05, 4.69) is 15.4 Å². The van der Waals surface area contributed by atoms with Gasteiger partial charge in [0.15, 0.2) is 0 Å². The van der Waals surface area contributed by atoms with Crippen molar-refractivity contribution in [1.29, 1.82) is 5.26 Å². The van der Waals surface area contributed by atoms with Crippen LogP contribution in [0.1, 0.15) is 11.1 Å². The Morgan fingerprint density at radius 2 is 2.04 bits per heavy atom. The fraction of sp³-hybridized carbons (Fsp3) is 0.100. The molecule has 0 atom stereocenters. The highest BCUT2D eigenvalue weighted by Crippen LogP contribution is 2.23. The van der Waals surface area contributed by atoms with Crippen molar-refractivity contribution < 1.29 is 4.79 Å². The third-order valence-electron chi connectivity index (χ3n) is 3.75. The number of carbonyl (C=O) groups excluding carboxylic acids is 1. The number of hydrogen-bond donors (Lipinski definition) is 1. The number of carbonyl (C=O) groups is 1. The average Bonchev–Trinajstić information content (AvgIpc) is 3.00. The molecule has 128 valence electrons. The first-order valence-corrected chi connectivity index (χ1v) is 8.00.